The van der Waals surface area contributed by atoms with Crippen molar-refractivity contribution in [3.63, 3.8) is 0 Å². The molecule has 4 rings (SSSR count). The number of rotatable bonds is 10. The normalized spacial score (nSPS) is 26.2. The van der Waals surface area contributed by atoms with Crippen LogP contribution in [0.1, 0.15) is 83.1 Å². The Kier molecular flexibility index (Phi) is 10.5. The predicted molar refractivity (Wildman–Crippen MR) is 183 cm³/mol. The van der Waals surface area contributed by atoms with Crippen molar-refractivity contribution in [3.05, 3.63) is 63.6 Å². The van der Waals surface area contributed by atoms with Crippen molar-refractivity contribution in [1.82, 2.24) is 16.0 Å². The van der Waals surface area contributed by atoms with Gasteiger partial charge in [-0.05, 0) is 74.8 Å². The van der Waals surface area contributed by atoms with Crippen LogP contribution < -0.4 is 21.3 Å². The average Bonchev–Trinajstić information content (AvgIpc) is 3.34. The van der Waals surface area contributed by atoms with Gasteiger partial charge in [0.25, 0.3) is 5.91 Å². The Morgan fingerprint density at radius 2 is 1.29 bits per heavy atom. The number of carbonyl (C=O) groups excluding carboxylic acids is 3. The molecule has 0 heterocycles. The van der Waals surface area contributed by atoms with Crippen molar-refractivity contribution in [3.8, 4) is 0 Å². The number of carboxylic acids is 2. The molecule has 5 atom stereocenters. The molecular formula is C35H44Cl2N4O7. The molecule has 2 aliphatic rings. The van der Waals surface area contributed by atoms with Crippen LogP contribution in [0, 0.1) is 22.7 Å². The highest BCUT2D eigenvalue weighted by molar-refractivity contribution is 6.40. The van der Waals surface area contributed by atoms with E-state index in [-0.39, 0.29) is 22.0 Å². The summed E-state index contributed by atoms with van der Waals surface area (Å²) in [5.74, 6) is -4.17. The first-order valence-corrected chi connectivity index (χ1v) is 16.7. The van der Waals surface area contributed by atoms with Crippen LogP contribution in [0.3, 0.4) is 0 Å². The lowest BCUT2D eigenvalue weighted by molar-refractivity contribution is -0.145. The molecule has 2 aliphatic carbocycles. The Bertz CT molecular complexity index is 1590. The van der Waals surface area contributed by atoms with Crippen LogP contribution in [0.4, 0.5) is 10.5 Å². The molecule has 13 heteroatoms. The Hall–Kier alpha value is -3.83. The van der Waals surface area contributed by atoms with E-state index in [0.717, 1.165) is 0 Å². The molecule has 6 N–H and O–H groups in total. The van der Waals surface area contributed by atoms with Gasteiger partial charge in [-0.25, -0.2) is 9.59 Å². The van der Waals surface area contributed by atoms with Gasteiger partial charge in [-0.15, -0.1) is 0 Å². The average molecular weight is 704 g/mol. The summed E-state index contributed by atoms with van der Waals surface area (Å²) in [5, 5.41) is 31.6. The van der Waals surface area contributed by atoms with Gasteiger partial charge in [-0.2, -0.15) is 0 Å². The summed E-state index contributed by atoms with van der Waals surface area (Å²) in [6.07, 6.45) is 1.88. The van der Waals surface area contributed by atoms with E-state index < -0.39 is 69.6 Å². The Morgan fingerprint density at radius 3 is 1.77 bits per heavy atom. The van der Waals surface area contributed by atoms with Crippen LogP contribution in [-0.4, -0.2) is 57.1 Å². The van der Waals surface area contributed by atoms with Crippen LogP contribution in [0.2, 0.25) is 10.0 Å². The Labute approximate surface area is 290 Å². The molecule has 0 aliphatic heterocycles. The van der Waals surface area contributed by atoms with Crippen molar-refractivity contribution >= 4 is 58.7 Å². The van der Waals surface area contributed by atoms with Crippen molar-refractivity contribution in [2.24, 2.45) is 22.7 Å². The summed E-state index contributed by atoms with van der Waals surface area (Å²) >= 11 is 12.3. The highest BCUT2D eigenvalue weighted by atomic mass is 35.5. The number of amides is 4. The lowest BCUT2D eigenvalue weighted by Gasteiger charge is -2.45. The number of hydrogen-bond donors (Lipinski definition) is 6. The Morgan fingerprint density at radius 1 is 0.792 bits per heavy atom. The standard InChI is InChI=1S/C35H44Cl2N4O7/c1-32(2)21(14-16-34(32,5)40-31(48)41-35(6)17-15-22(29(44)45)33(35,3)4)27(42)39-25(30(46)47)18-19-10-12-20(13-11-19)38-28(43)26-23(36)8-7-9-24(26)37/h7-13,21-22,25H,14-18H2,1-6H3,(H,38,43)(H,39,42)(H,44,45)(H,46,47)(H2,40,41,48)/t21-,22?,25+,34?,35?/m1/s1. The van der Waals surface area contributed by atoms with Crippen LogP contribution in [0.5, 0.6) is 0 Å². The van der Waals surface area contributed by atoms with Gasteiger partial charge < -0.3 is 31.5 Å². The van der Waals surface area contributed by atoms with E-state index in [1.165, 1.54) is 0 Å². The van der Waals surface area contributed by atoms with Gasteiger partial charge in [0.1, 0.15) is 6.04 Å². The van der Waals surface area contributed by atoms with E-state index in [4.69, 9.17) is 23.2 Å². The van der Waals surface area contributed by atoms with Gasteiger partial charge >= 0.3 is 18.0 Å². The summed E-state index contributed by atoms with van der Waals surface area (Å²) in [7, 11) is 0. The first kappa shape index (κ1) is 37.0. The van der Waals surface area contributed by atoms with Gasteiger partial charge in [0.05, 0.1) is 21.5 Å². The first-order chi connectivity index (χ1) is 22.2. The largest absolute Gasteiger partial charge is 0.481 e. The lowest BCUT2D eigenvalue weighted by atomic mass is 9.70. The van der Waals surface area contributed by atoms with E-state index in [2.05, 4.69) is 21.3 Å². The second-order valence-corrected chi connectivity index (χ2v) is 15.4. The van der Waals surface area contributed by atoms with Gasteiger partial charge in [0, 0.05) is 34.5 Å². The van der Waals surface area contributed by atoms with Crippen LogP contribution in [0.15, 0.2) is 42.5 Å². The minimum Gasteiger partial charge on any atom is -0.481 e. The second-order valence-electron chi connectivity index (χ2n) is 14.6. The third-order valence-corrected chi connectivity index (χ3v) is 11.9. The number of urea groups is 1. The van der Waals surface area contributed by atoms with Gasteiger partial charge in [-0.3, -0.25) is 14.4 Å². The second kappa shape index (κ2) is 13.6. The summed E-state index contributed by atoms with van der Waals surface area (Å²) in [4.78, 5) is 63.7. The van der Waals surface area contributed by atoms with Gasteiger partial charge in [-0.1, -0.05) is 69.1 Å². The SMILES string of the molecule is CC1(NC(=O)NC2(C)CC[C@H](C(=O)N[C@@H](Cc3ccc(NC(=O)c4c(Cl)cccc4Cl)cc3)C(=O)O)C2(C)C)CCC(C(=O)O)C1(C)C. The number of carbonyl (C=O) groups is 5. The van der Waals surface area contributed by atoms with Crippen molar-refractivity contribution in [2.75, 3.05) is 5.32 Å². The molecule has 0 bridgehead atoms. The van der Waals surface area contributed by atoms with Gasteiger partial charge in [0.15, 0.2) is 0 Å². The maximum atomic E-state index is 13.6. The summed E-state index contributed by atoms with van der Waals surface area (Å²) in [6.45, 7) is 11.2. The Balaban J connectivity index is 1.38. The van der Waals surface area contributed by atoms with E-state index in [9.17, 15) is 34.2 Å². The molecule has 3 unspecified atom stereocenters. The zero-order chi connectivity index (χ0) is 35.8. The zero-order valence-corrected chi connectivity index (χ0v) is 29.5. The first-order valence-electron chi connectivity index (χ1n) is 15.9. The van der Waals surface area contributed by atoms with Crippen molar-refractivity contribution < 1.29 is 34.2 Å². The summed E-state index contributed by atoms with van der Waals surface area (Å²) in [6, 6.07) is 9.66. The number of halogens is 2. The molecule has 2 aromatic rings. The fourth-order valence-electron chi connectivity index (χ4n) is 7.21. The fraction of sp³-hybridized carbons (Fsp3) is 0.514. The zero-order valence-electron chi connectivity index (χ0n) is 28.0. The van der Waals surface area contributed by atoms with Crippen LogP contribution >= 0.6 is 23.2 Å². The molecule has 2 aromatic carbocycles. The minimum absolute atomic E-state index is 0.00240. The number of benzene rings is 2. The molecule has 11 nitrogen and oxygen atoms in total. The van der Waals surface area contributed by atoms with E-state index in [1.54, 1.807) is 42.5 Å². The maximum absolute atomic E-state index is 13.6. The van der Waals surface area contributed by atoms with Crippen LogP contribution in [0.25, 0.3) is 0 Å². The highest BCUT2D eigenvalue weighted by Crippen LogP contribution is 2.52. The highest BCUT2D eigenvalue weighted by Gasteiger charge is 2.58. The molecule has 260 valence electrons. The van der Waals surface area contributed by atoms with E-state index in [1.807, 2.05) is 41.5 Å². The molecular weight excluding hydrogens is 659 g/mol. The quantitative estimate of drug-likeness (QED) is 0.173. The van der Waals surface area contributed by atoms with E-state index in [0.29, 0.717) is 36.9 Å². The number of nitrogens with one attached hydrogen (secondary N) is 4. The molecule has 0 spiro atoms. The fourth-order valence-corrected chi connectivity index (χ4v) is 7.78. The number of hydrogen-bond acceptors (Lipinski definition) is 5. The number of aliphatic carboxylic acids is 2. The molecule has 0 aromatic heterocycles. The molecule has 2 saturated carbocycles. The molecule has 0 radical (unpaired) electrons. The minimum atomic E-state index is -1.22. The smallest absolute Gasteiger partial charge is 0.326 e. The third kappa shape index (κ3) is 7.12. The number of carboxylic acid groups (broad SMARTS) is 2. The van der Waals surface area contributed by atoms with Gasteiger partial charge in [0.2, 0.25) is 5.91 Å². The molecule has 0 saturated heterocycles. The van der Waals surface area contributed by atoms with Crippen molar-refractivity contribution in [1.29, 1.82) is 0 Å². The third-order valence-electron chi connectivity index (χ3n) is 11.3. The molecule has 2 fully saturated rings. The predicted octanol–water partition coefficient (Wildman–Crippen LogP) is 6.13. The molecule has 48 heavy (non-hydrogen) atoms. The van der Waals surface area contributed by atoms with Crippen LogP contribution in [-0.2, 0) is 20.8 Å². The topological polar surface area (TPSA) is 174 Å². The monoisotopic (exact) mass is 702 g/mol. The summed E-state index contributed by atoms with van der Waals surface area (Å²) in [5.41, 5.74) is -1.78. The lowest BCUT2D eigenvalue weighted by Crippen LogP contribution is -2.63. The summed E-state index contributed by atoms with van der Waals surface area (Å²) < 4.78 is 0. The van der Waals surface area contributed by atoms with E-state index >= 15 is 0 Å². The molecule has 4 amide bonds. The number of anilines is 1. The van der Waals surface area contributed by atoms with Crippen molar-refractivity contribution in [2.45, 2.75) is 90.8 Å². The maximum Gasteiger partial charge on any atom is 0.326 e.